The lowest BCUT2D eigenvalue weighted by atomic mass is 9.81. The van der Waals surface area contributed by atoms with Gasteiger partial charge in [0.2, 0.25) is 0 Å². The van der Waals surface area contributed by atoms with E-state index in [0.29, 0.717) is 5.15 Å². The third kappa shape index (κ3) is 3.96. The number of rotatable bonds is 3. The molecule has 1 aliphatic carbocycles. The van der Waals surface area contributed by atoms with Crippen molar-refractivity contribution in [1.29, 1.82) is 0 Å². The summed E-state index contributed by atoms with van der Waals surface area (Å²) < 4.78 is 0. The van der Waals surface area contributed by atoms with E-state index in [-0.39, 0.29) is 0 Å². The molecule has 1 aromatic carbocycles. The van der Waals surface area contributed by atoms with E-state index >= 15 is 0 Å². The van der Waals surface area contributed by atoms with E-state index in [1.165, 1.54) is 31.2 Å². The summed E-state index contributed by atoms with van der Waals surface area (Å²) in [7, 11) is 0. The Balaban J connectivity index is 1.29. The van der Waals surface area contributed by atoms with Gasteiger partial charge in [-0.2, -0.15) is 5.10 Å². The first-order chi connectivity index (χ1) is 12.3. The average molecular weight is 357 g/mol. The molecule has 2 heterocycles. The molecule has 1 saturated carbocycles. The maximum absolute atomic E-state index is 5.97. The van der Waals surface area contributed by atoms with E-state index in [1.807, 2.05) is 12.3 Å². The van der Waals surface area contributed by atoms with Crippen LogP contribution in [0.5, 0.6) is 0 Å². The number of piperazine rings is 1. The molecule has 0 unspecified atom stereocenters. The quantitative estimate of drug-likeness (QED) is 0.832. The van der Waals surface area contributed by atoms with Crippen LogP contribution in [0.3, 0.4) is 0 Å². The van der Waals surface area contributed by atoms with Crippen molar-refractivity contribution in [2.75, 3.05) is 31.1 Å². The van der Waals surface area contributed by atoms with Crippen LogP contribution in [-0.4, -0.2) is 47.3 Å². The van der Waals surface area contributed by atoms with Gasteiger partial charge in [0.05, 0.1) is 11.9 Å². The highest BCUT2D eigenvalue weighted by Gasteiger charge is 2.29. The second-order valence-electron chi connectivity index (χ2n) is 7.18. The van der Waals surface area contributed by atoms with Crippen molar-refractivity contribution in [3.63, 3.8) is 0 Å². The molecule has 2 fully saturated rings. The van der Waals surface area contributed by atoms with Gasteiger partial charge in [-0.1, -0.05) is 41.9 Å². The highest BCUT2D eigenvalue weighted by Crippen LogP contribution is 2.35. The molecular weight excluding hydrogens is 332 g/mol. The SMILES string of the molecule is Clc1cc(N2CCN(C3CCC(c4ccccc4)CC3)CC2)cnn1. The fraction of sp³-hybridized carbons (Fsp3) is 0.500. The molecule has 1 aromatic heterocycles. The monoisotopic (exact) mass is 356 g/mol. The van der Waals surface area contributed by atoms with Crippen LogP contribution in [0.1, 0.15) is 37.2 Å². The second kappa shape index (κ2) is 7.71. The van der Waals surface area contributed by atoms with Crippen LogP contribution in [0.4, 0.5) is 5.69 Å². The zero-order chi connectivity index (χ0) is 17.1. The minimum Gasteiger partial charge on any atom is -0.368 e. The van der Waals surface area contributed by atoms with Gasteiger partial charge in [0.25, 0.3) is 0 Å². The fourth-order valence-electron chi connectivity index (χ4n) is 4.35. The molecule has 0 N–H and O–H groups in total. The molecule has 0 spiro atoms. The summed E-state index contributed by atoms with van der Waals surface area (Å²) in [5.41, 5.74) is 2.61. The number of nitrogens with zero attached hydrogens (tertiary/aromatic N) is 4. The molecular formula is C20H25ClN4. The van der Waals surface area contributed by atoms with Crippen LogP contribution in [0.15, 0.2) is 42.6 Å². The largest absolute Gasteiger partial charge is 0.368 e. The number of benzene rings is 1. The van der Waals surface area contributed by atoms with Crippen molar-refractivity contribution in [3.8, 4) is 0 Å². The smallest absolute Gasteiger partial charge is 0.153 e. The molecule has 4 rings (SSSR count). The minimum absolute atomic E-state index is 0.471. The molecule has 1 saturated heterocycles. The van der Waals surface area contributed by atoms with Crippen molar-refractivity contribution in [2.24, 2.45) is 0 Å². The first kappa shape index (κ1) is 16.8. The molecule has 0 radical (unpaired) electrons. The second-order valence-corrected chi connectivity index (χ2v) is 7.56. The van der Waals surface area contributed by atoms with Gasteiger partial charge >= 0.3 is 0 Å². The summed E-state index contributed by atoms with van der Waals surface area (Å²) in [6.07, 6.45) is 7.09. The summed E-state index contributed by atoms with van der Waals surface area (Å²) in [6, 6.07) is 13.7. The Kier molecular flexibility index (Phi) is 5.18. The van der Waals surface area contributed by atoms with Crippen LogP contribution in [-0.2, 0) is 0 Å². The molecule has 2 aliphatic rings. The van der Waals surface area contributed by atoms with Gasteiger partial charge in [-0.25, -0.2) is 0 Å². The van der Waals surface area contributed by atoms with Gasteiger partial charge in [-0.3, -0.25) is 4.90 Å². The molecule has 132 valence electrons. The van der Waals surface area contributed by atoms with Crippen LogP contribution in [0.2, 0.25) is 5.15 Å². The minimum atomic E-state index is 0.471. The summed E-state index contributed by atoms with van der Waals surface area (Å²) in [6.45, 7) is 4.34. The summed E-state index contributed by atoms with van der Waals surface area (Å²) in [5.74, 6) is 0.753. The molecule has 4 nitrogen and oxygen atoms in total. The molecule has 5 heteroatoms. The lowest BCUT2D eigenvalue weighted by Gasteiger charge is -2.42. The van der Waals surface area contributed by atoms with Crippen LogP contribution in [0, 0.1) is 0 Å². The normalized spacial score (nSPS) is 25.1. The maximum Gasteiger partial charge on any atom is 0.153 e. The Morgan fingerprint density at radius 1 is 0.920 bits per heavy atom. The van der Waals surface area contributed by atoms with Gasteiger partial charge in [-0.15, -0.1) is 5.10 Å². The highest BCUT2D eigenvalue weighted by atomic mass is 35.5. The standard InChI is InChI=1S/C20H25ClN4/c21-20-14-19(15-22-23-20)25-12-10-24(11-13-25)18-8-6-17(7-9-18)16-4-2-1-3-5-16/h1-5,14-15,17-18H,6-13H2. The summed E-state index contributed by atoms with van der Waals surface area (Å²) >= 11 is 5.97. The van der Waals surface area contributed by atoms with E-state index < -0.39 is 0 Å². The molecule has 0 amide bonds. The number of halogens is 1. The average Bonchev–Trinajstić information content (AvgIpc) is 2.69. The maximum atomic E-state index is 5.97. The van der Waals surface area contributed by atoms with Crippen LogP contribution in [0.25, 0.3) is 0 Å². The first-order valence-electron chi connectivity index (χ1n) is 9.32. The third-order valence-electron chi connectivity index (χ3n) is 5.77. The zero-order valence-electron chi connectivity index (χ0n) is 14.5. The molecule has 2 aromatic rings. The lowest BCUT2D eigenvalue weighted by molar-refractivity contribution is 0.141. The van der Waals surface area contributed by atoms with Gasteiger partial charge in [0.1, 0.15) is 0 Å². The van der Waals surface area contributed by atoms with Crippen LogP contribution < -0.4 is 4.90 Å². The van der Waals surface area contributed by atoms with Crippen molar-refractivity contribution >= 4 is 17.3 Å². The highest BCUT2D eigenvalue weighted by molar-refractivity contribution is 6.29. The molecule has 25 heavy (non-hydrogen) atoms. The number of hydrogen-bond acceptors (Lipinski definition) is 4. The van der Waals surface area contributed by atoms with Gasteiger partial charge in [0.15, 0.2) is 5.15 Å². The Hall–Kier alpha value is -1.65. The predicted molar refractivity (Wildman–Crippen MR) is 102 cm³/mol. The number of hydrogen-bond donors (Lipinski definition) is 0. The third-order valence-corrected chi connectivity index (χ3v) is 5.96. The predicted octanol–water partition coefficient (Wildman–Crippen LogP) is 3.98. The first-order valence-corrected chi connectivity index (χ1v) is 9.69. The van der Waals surface area contributed by atoms with E-state index in [0.717, 1.165) is 43.8 Å². The van der Waals surface area contributed by atoms with E-state index in [9.17, 15) is 0 Å². The van der Waals surface area contributed by atoms with Gasteiger partial charge < -0.3 is 4.90 Å². The van der Waals surface area contributed by atoms with Crippen molar-refractivity contribution in [2.45, 2.75) is 37.6 Å². The Morgan fingerprint density at radius 3 is 2.32 bits per heavy atom. The molecule has 1 aliphatic heterocycles. The van der Waals surface area contributed by atoms with Gasteiger partial charge in [0, 0.05) is 38.3 Å². The Labute approximate surface area is 154 Å². The van der Waals surface area contributed by atoms with Gasteiger partial charge in [-0.05, 0) is 37.2 Å². The molecule has 0 atom stereocenters. The Morgan fingerprint density at radius 2 is 1.64 bits per heavy atom. The van der Waals surface area contributed by atoms with Crippen molar-refractivity contribution < 1.29 is 0 Å². The lowest BCUT2D eigenvalue weighted by Crippen LogP contribution is -2.51. The fourth-order valence-corrected chi connectivity index (χ4v) is 4.50. The van der Waals surface area contributed by atoms with E-state index in [2.05, 4.69) is 50.3 Å². The van der Waals surface area contributed by atoms with Crippen molar-refractivity contribution in [3.05, 3.63) is 53.3 Å². The van der Waals surface area contributed by atoms with Crippen molar-refractivity contribution in [1.82, 2.24) is 15.1 Å². The van der Waals surface area contributed by atoms with E-state index in [4.69, 9.17) is 11.6 Å². The summed E-state index contributed by atoms with van der Waals surface area (Å²) in [4.78, 5) is 5.06. The number of anilines is 1. The Bertz CT molecular complexity index is 677. The van der Waals surface area contributed by atoms with Crippen LogP contribution >= 0.6 is 11.6 Å². The van der Waals surface area contributed by atoms with E-state index in [1.54, 1.807) is 0 Å². The number of aromatic nitrogens is 2. The summed E-state index contributed by atoms with van der Waals surface area (Å²) in [5, 5.41) is 8.27. The topological polar surface area (TPSA) is 32.3 Å². The molecule has 0 bridgehead atoms. The zero-order valence-corrected chi connectivity index (χ0v) is 15.3.